The first-order chi connectivity index (χ1) is 12.0. The van der Waals surface area contributed by atoms with E-state index in [-0.39, 0.29) is 11.7 Å². The van der Waals surface area contributed by atoms with Gasteiger partial charge in [-0.2, -0.15) is 0 Å². The van der Waals surface area contributed by atoms with E-state index in [1.807, 2.05) is 6.07 Å². The first-order valence-corrected chi connectivity index (χ1v) is 8.45. The van der Waals surface area contributed by atoms with Crippen LogP contribution in [-0.2, 0) is 0 Å². The lowest BCUT2D eigenvalue weighted by Gasteiger charge is -2.09. The van der Waals surface area contributed by atoms with Gasteiger partial charge in [0.05, 0.1) is 12.8 Å². The normalized spacial score (nSPS) is 10.5. The van der Waals surface area contributed by atoms with Crippen LogP contribution >= 0.6 is 27.5 Å². The summed E-state index contributed by atoms with van der Waals surface area (Å²) in [5.74, 6) is 0.814. The summed E-state index contributed by atoms with van der Waals surface area (Å²) in [5, 5.41) is 3.35. The van der Waals surface area contributed by atoms with E-state index in [2.05, 4.69) is 21.2 Å². The van der Waals surface area contributed by atoms with E-state index in [0.717, 1.165) is 10.0 Å². The third-order valence-corrected chi connectivity index (χ3v) is 4.39. The molecule has 3 N–H and O–H groups in total. The van der Waals surface area contributed by atoms with Crippen LogP contribution in [0.15, 0.2) is 57.4 Å². The van der Waals surface area contributed by atoms with Gasteiger partial charge in [-0.3, -0.25) is 4.79 Å². The SMILES string of the molecule is COc1cc(N)ccc1NC(=O)c1ccc(-c2ccc(Cl)cc2Br)o1. The Morgan fingerprint density at radius 3 is 2.72 bits per heavy atom. The van der Waals surface area contributed by atoms with Crippen LogP contribution in [0.25, 0.3) is 11.3 Å². The number of carbonyl (C=O) groups is 1. The first-order valence-electron chi connectivity index (χ1n) is 7.28. The van der Waals surface area contributed by atoms with Crippen molar-refractivity contribution < 1.29 is 13.9 Å². The predicted octanol–water partition coefficient (Wildman–Crippen LogP) is 5.21. The number of ether oxygens (including phenoxy) is 1. The highest BCUT2D eigenvalue weighted by Gasteiger charge is 2.16. The fourth-order valence-electron chi connectivity index (χ4n) is 2.29. The van der Waals surface area contributed by atoms with E-state index < -0.39 is 0 Å². The Morgan fingerprint density at radius 1 is 1.20 bits per heavy atom. The van der Waals surface area contributed by atoms with Gasteiger partial charge in [0.2, 0.25) is 0 Å². The third kappa shape index (κ3) is 3.81. The molecule has 0 unspecified atom stereocenters. The van der Waals surface area contributed by atoms with E-state index in [1.54, 1.807) is 42.5 Å². The zero-order valence-electron chi connectivity index (χ0n) is 13.2. The zero-order chi connectivity index (χ0) is 18.0. The van der Waals surface area contributed by atoms with Gasteiger partial charge in [0, 0.05) is 26.8 Å². The molecule has 0 fully saturated rings. The quantitative estimate of drug-likeness (QED) is 0.567. The maximum absolute atomic E-state index is 12.4. The van der Waals surface area contributed by atoms with Gasteiger partial charge >= 0.3 is 0 Å². The number of benzene rings is 2. The summed E-state index contributed by atoms with van der Waals surface area (Å²) >= 11 is 9.38. The number of carbonyl (C=O) groups excluding carboxylic acids is 1. The molecule has 0 saturated carbocycles. The summed E-state index contributed by atoms with van der Waals surface area (Å²) in [6.45, 7) is 0. The van der Waals surface area contributed by atoms with Crippen molar-refractivity contribution in [3.63, 3.8) is 0 Å². The summed E-state index contributed by atoms with van der Waals surface area (Å²) in [4.78, 5) is 12.4. The van der Waals surface area contributed by atoms with E-state index in [4.69, 9.17) is 26.5 Å². The molecule has 2 aromatic carbocycles. The lowest BCUT2D eigenvalue weighted by atomic mass is 10.2. The molecule has 3 rings (SSSR count). The smallest absolute Gasteiger partial charge is 0.291 e. The fraction of sp³-hybridized carbons (Fsp3) is 0.0556. The number of hydrogen-bond donors (Lipinski definition) is 2. The molecule has 0 aliphatic heterocycles. The first kappa shape index (κ1) is 17.4. The van der Waals surface area contributed by atoms with Gasteiger partial charge in [-0.1, -0.05) is 11.6 Å². The Kier molecular flexibility index (Phi) is 5.01. The van der Waals surface area contributed by atoms with E-state index >= 15 is 0 Å². The van der Waals surface area contributed by atoms with Gasteiger partial charge in [-0.05, 0) is 58.4 Å². The Hall–Kier alpha value is -2.44. The monoisotopic (exact) mass is 420 g/mol. The number of anilines is 2. The molecule has 1 amide bonds. The highest BCUT2D eigenvalue weighted by atomic mass is 79.9. The highest BCUT2D eigenvalue weighted by Crippen LogP contribution is 2.32. The van der Waals surface area contributed by atoms with Crippen LogP contribution in [0.5, 0.6) is 5.75 Å². The van der Waals surface area contributed by atoms with Crippen LogP contribution in [0, 0.1) is 0 Å². The molecular formula is C18H14BrClN2O3. The second-order valence-electron chi connectivity index (χ2n) is 5.20. The zero-order valence-corrected chi connectivity index (χ0v) is 15.5. The summed E-state index contributed by atoms with van der Waals surface area (Å²) in [6.07, 6.45) is 0. The topological polar surface area (TPSA) is 77.5 Å². The number of hydrogen-bond acceptors (Lipinski definition) is 4. The van der Waals surface area contributed by atoms with Crippen molar-refractivity contribution in [2.24, 2.45) is 0 Å². The minimum Gasteiger partial charge on any atom is -0.494 e. The second kappa shape index (κ2) is 7.21. The largest absolute Gasteiger partial charge is 0.494 e. The van der Waals surface area contributed by atoms with Gasteiger partial charge in [-0.25, -0.2) is 0 Å². The number of nitrogens with two attached hydrogens (primary N) is 1. The molecule has 0 radical (unpaired) electrons. The number of nitrogen functional groups attached to an aromatic ring is 1. The van der Waals surface area contributed by atoms with Crippen molar-refractivity contribution in [2.45, 2.75) is 0 Å². The van der Waals surface area contributed by atoms with Crippen molar-refractivity contribution in [3.05, 3.63) is 63.8 Å². The van der Waals surface area contributed by atoms with Crippen LogP contribution in [0.3, 0.4) is 0 Å². The molecule has 5 nitrogen and oxygen atoms in total. The Bertz CT molecular complexity index is 940. The number of amides is 1. The Morgan fingerprint density at radius 2 is 2.00 bits per heavy atom. The molecule has 7 heteroatoms. The van der Waals surface area contributed by atoms with Crippen LogP contribution in [0.1, 0.15) is 10.6 Å². The molecule has 25 heavy (non-hydrogen) atoms. The minimum atomic E-state index is -0.389. The fourth-order valence-corrected chi connectivity index (χ4v) is 3.17. The molecule has 0 spiro atoms. The van der Waals surface area contributed by atoms with E-state index in [9.17, 15) is 4.79 Å². The number of nitrogens with one attached hydrogen (secondary N) is 1. The van der Waals surface area contributed by atoms with Gasteiger partial charge in [0.1, 0.15) is 11.5 Å². The number of rotatable bonds is 4. The number of methoxy groups -OCH3 is 1. The molecule has 0 atom stereocenters. The summed E-state index contributed by atoms with van der Waals surface area (Å²) in [6, 6.07) is 13.6. The third-order valence-electron chi connectivity index (χ3n) is 3.50. The van der Waals surface area contributed by atoms with Gasteiger partial charge < -0.3 is 20.2 Å². The maximum atomic E-state index is 12.4. The Labute approximate surface area is 157 Å². The molecule has 0 aliphatic carbocycles. The van der Waals surface area contributed by atoms with Crippen LogP contribution in [0.2, 0.25) is 5.02 Å². The average Bonchev–Trinajstić information content (AvgIpc) is 3.06. The lowest BCUT2D eigenvalue weighted by molar-refractivity contribution is 0.0997. The van der Waals surface area contributed by atoms with Gasteiger partial charge in [-0.15, -0.1) is 0 Å². The average molecular weight is 422 g/mol. The summed E-state index contributed by atoms with van der Waals surface area (Å²) in [5.41, 5.74) is 7.56. The lowest BCUT2D eigenvalue weighted by Crippen LogP contribution is -2.11. The molecular weight excluding hydrogens is 408 g/mol. The molecule has 1 aromatic heterocycles. The van der Waals surface area contributed by atoms with Gasteiger partial charge in [0.25, 0.3) is 5.91 Å². The van der Waals surface area contributed by atoms with Crippen molar-refractivity contribution >= 4 is 44.8 Å². The van der Waals surface area contributed by atoms with Gasteiger partial charge in [0.15, 0.2) is 5.76 Å². The molecule has 0 bridgehead atoms. The molecule has 1 heterocycles. The minimum absolute atomic E-state index is 0.177. The van der Waals surface area contributed by atoms with Crippen LogP contribution in [-0.4, -0.2) is 13.0 Å². The van der Waals surface area contributed by atoms with Crippen LogP contribution in [0.4, 0.5) is 11.4 Å². The van der Waals surface area contributed by atoms with Crippen molar-refractivity contribution in [3.8, 4) is 17.1 Å². The number of halogens is 2. The van der Waals surface area contributed by atoms with Crippen molar-refractivity contribution in [1.29, 1.82) is 0 Å². The van der Waals surface area contributed by atoms with Crippen molar-refractivity contribution in [1.82, 2.24) is 0 Å². The van der Waals surface area contributed by atoms with E-state index in [1.165, 1.54) is 7.11 Å². The summed E-state index contributed by atoms with van der Waals surface area (Å²) in [7, 11) is 1.51. The summed E-state index contributed by atoms with van der Waals surface area (Å²) < 4.78 is 11.7. The van der Waals surface area contributed by atoms with Crippen molar-refractivity contribution in [2.75, 3.05) is 18.2 Å². The molecule has 0 aliphatic rings. The molecule has 0 saturated heterocycles. The Balaban J connectivity index is 1.84. The number of furan rings is 1. The van der Waals surface area contributed by atoms with Crippen LogP contribution < -0.4 is 15.8 Å². The second-order valence-corrected chi connectivity index (χ2v) is 6.49. The predicted molar refractivity (Wildman–Crippen MR) is 102 cm³/mol. The molecule has 3 aromatic rings. The van der Waals surface area contributed by atoms with E-state index in [0.29, 0.717) is 27.9 Å². The maximum Gasteiger partial charge on any atom is 0.291 e. The standard InChI is InChI=1S/C18H14BrClN2O3/c1-24-17-9-11(21)3-5-14(17)22-18(23)16-7-6-15(25-16)12-4-2-10(20)8-13(12)19/h2-9H,21H2,1H3,(H,22,23). The molecule has 128 valence electrons. The highest BCUT2D eigenvalue weighted by molar-refractivity contribution is 9.10.